The van der Waals surface area contributed by atoms with Crippen molar-refractivity contribution in [2.75, 3.05) is 13.2 Å². The van der Waals surface area contributed by atoms with Crippen LogP contribution < -0.4 is 14.2 Å². The number of hydrogen-bond acceptors (Lipinski definition) is 6. The summed E-state index contributed by atoms with van der Waals surface area (Å²) in [4.78, 5) is 22.8. The molecule has 0 aliphatic heterocycles. The zero-order chi connectivity index (χ0) is 22.9. The number of phenolic OH excluding ortho intramolecular Hbond substituents is 1. The van der Waals surface area contributed by atoms with E-state index in [2.05, 4.69) is 4.74 Å². The summed E-state index contributed by atoms with van der Waals surface area (Å²) in [7, 11) is 0. The molecule has 0 amide bonds. The van der Waals surface area contributed by atoms with Gasteiger partial charge in [-0.1, -0.05) is 25.7 Å². The number of Topliss-reactive ketones (excluding diaryl/α,β-unsaturated/α-hetero) is 1. The van der Waals surface area contributed by atoms with Gasteiger partial charge in [-0.15, -0.1) is 0 Å². The lowest BCUT2D eigenvalue weighted by Crippen LogP contribution is -2.08. The molecular formula is C25H29FO6. The van der Waals surface area contributed by atoms with Crippen LogP contribution in [0, 0.1) is 18.7 Å². The van der Waals surface area contributed by atoms with Crippen molar-refractivity contribution in [1.29, 1.82) is 0 Å². The van der Waals surface area contributed by atoms with E-state index in [9.17, 15) is 19.1 Å². The Balaban J connectivity index is 1.42. The maximum Gasteiger partial charge on any atom is 0.298 e. The van der Waals surface area contributed by atoms with Crippen molar-refractivity contribution in [2.24, 2.45) is 5.92 Å². The van der Waals surface area contributed by atoms with Gasteiger partial charge in [-0.25, -0.2) is 4.39 Å². The fourth-order valence-electron chi connectivity index (χ4n) is 3.95. The van der Waals surface area contributed by atoms with Gasteiger partial charge in [0.15, 0.2) is 17.3 Å². The molecular weight excluding hydrogens is 415 g/mol. The summed E-state index contributed by atoms with van der Waals surface area (Å²) < 4.78 is 29.6. The summed E-state index contributed by atoms with van der Waals surface area (Å²) in [5.41, 5.74) is 0.917. The topological polar surface area (TPSA) is 82.1 Å². The molecule has 1 N–H and O–H groups in total. The minimum absolute atomic E-state index is 0.00805. The Morgan fingerprint density at radius 3 is 2.41 bits per heavy atom. The summed E-state index contributed by atoms with van der Waals surface area (Å²) in [6.45, 7) is 2.67. The van der Waals surface area contributed by atoms with E-state index in [1.165, 1.54) is 25.0 Å². The maximum absolute atomic E-state index is 13.9. The second kappa shape index (κ2) is 11.5. The van der Waals surface area contributed by atoms with Crippen molar-refractivity contribution in [3.05, 3.63) is 47.3 Å². The van der Waals surface area contributed by atoms with Crippen molar-refractivity contribution in [3.8, 4) is 23.0 Å². The van der Waals surface area contributed by atoms with Gasteiger partial charge in [0.1, 0.15) is 17.2 Å². The van der Waals surface area contributed by atoms with E-state index < -0.39 is 5.82 Å². The summed E-state index contributed by atoms with van der Waals surface area (Å²) in [5.74, 6) is 0.541. The highest BCUT2D eigenvalue weighted by atomic mass is 19.1. The van der Waals surface area contributed by atoms with Gasteiger partial charge < -0.3 is 19.3 Å². The van der Waals surface area contributed by atoms with Crippen molar-refractivity contribution in [1.82, 2.24) is 0 Å². The lowest BCUT2D eigenvalue weighted by atomic mass is 9.95. The van der Waals surface area contributed by atoms with Crippen LogP contribution in [-0.2, 0) is 4.79 Å². The Hall–Kier alpha value is -3.09. The van der Waals surface area contributed by atoms with Crippen LogP contribution in [0.4, 0.5) is 4.39 Å². The fourth-order valence-corrected chi connectivity index (χ4v) is 3.95. The van der Waals surface area contributed by atoms with Crippen LogP contribution in [0.25, 0.3) is 0 Å². The van der Waals surface area contributed by atoms with Crippen LogP contribution in [0.1, 0.15) is 60.9 Å². The highest BCUT2D eigenvalue weighted by Gasteiger charge is 2.22. The van der Waals surface area contributed by atoms with Gasteiger partial charge in [-0.3, -0.25) is 9.59 Å². The van der Waals surface area contributed by atoms with Gasteiger partial charge in [0.05, 0.1) is 18.8 Å². The third-order valence-electron chi connectivity index (χ3n) is 5.77. The molecule has 0 atom stereocenters. The molecule has 0 radical (unpaired) electrons. The van der Waals surface area contributed by atoms with E-state index in [1.54, 1.807) is 19.1 Å². The first-order valence-electron chi connectivity index (χ1n) is 11.0. The number of hydrogen-bond donors (Lipinski definition) is 1. The Morgan fingerprint density at radius 2 is 1.75 bits per heavy atom. The van der Waals surface area contributed by atoms with E-state index in [1.807, 2.05) is 0 Å². The predicted molar refractivity (Wildman–Crippen MR) is 117 cm³/mol. The largest absolute Gasteiger partial charge is 0.507 e. The number of carbonyl (C=O) groups excluding carboxylic acids is 2. The SMILES string of the molecule is Cc1c(OCCCCOc2ccc(OC=O)cc2F)ccc(C(=O)CC2CCCC2)c1O. The fraction of sp³-hybridized carbons (Fsp3) is 0.440. The van der Waals surface area contributed by atoms with Crippen LogP contribution in [0.3, 0.4) is 0 Å². The average molecular weight is 444 g/mol. The molecule has 0 aromatic heterocycles. The standard InChI is InChI=1S/C25H29FO6/c1-17-23(11-9-20(25(17)29)22(28)14-18-6-2-3-7-18)30-12-4-5-13-31-24-10-8-19(32-16-27)15-21(24)26/h8-11,15-16,18,29H,2-7,12-14H2,1H3. The summed E-state index contributed by atoms with van der Waals surface area (Å²) in [6, 6.07) is 7.31. The molecule has 6 nitrogen and oxygen atoms in total. The first kappa shape index (κ1) is 23.6. The molecule has 3 rings (SSSR count). The lowest BCUT2D eigenvalue weighted by Gasteiger charge is -2.14. The Labute approximate surface area is 187 Å². The number of carbonyl (C=O) groups is 2. The Morgan fingerprint density at radius 1 is 1.09 bits per heavy atom. The van der Waals surface area contributed by atoms with Gasteiger partial charge in [0.2, 0.25) is 0 Å². The smallest absolute Gasteiger partial charge is 0.298 e. The van der Waals surface area contributed by atoms with Crippen LogP contribution in [0.5, 0.6) is 23.0 Å². The van der Waals surface area contributed by atoms with Gasteiger partial charge in [0.25, 0.3) is 6.47 Å². The third-order valence-corrected chi connectivity index (χ3v) is 5.77. The van der Waals surface area contributed by atoms with Crippen LogP contribution in [0.2, 0.25) is 0 Å². The molecule has 0 saturated heterocycles. The number of unbranched alkanes of at least 4 members (excludes halogenated alkanes) is 1. The van der Waals surface area contributed by atoms with E-state index in [-0.39, 0.29) is 29.5 Å². The van der Waals surface area contributed by atoms with Gasteiger partial charge in [0, 0.05) is 18.1 Å². The molecule has 2 aromatic rings. The van der Waals surface area contributed by atoms with Gasteiger partial charge in [-0.2, -0.15) is 0 Å². The minimum Gasteiger partial charge on any atom is -0.507 e. The second-order valence-electron chi connectivity index (χ2n) is 8.07. The molecule has 0 bridgehead atoms. The zero-order valence-corrected chi connectivity index (χ0v) is 18.3. The van der Waals surface area contributed by atoms with E-state index in [4.69, 9.17) is 9.47 Å². The molecule has 172 valence electrons. The summed E-state index contributed by atoms with van der Waals surface area (Å²) >= 11 is 0. The zero-order valence-electron chi connectivity index (χ0n) is 18.3. The van der Waals surface area contributed by atoms with Crippen molar-refractivity contribution in [2.45, 2.75) is 51.9 Å². The molecule has 0 spiro atoms. The molecule has 1 saturated carbocycles. The summed E-state index contributed by atoms with van der Waals surface area (Å²) in [6.07, 6.45) is 6.31. The predicted octanol–water partition coefficient (Wildman–Crippen LogP) is 5.38. The highest BCUT2D eigenvalue weighted by Crippen LogP contribution is 2.34. The van der Waals surface area contributed by atoms with Crippen LogP contribution in [-0.4, -0.2) is 30.6 Å². The average Bonchev–Trinajstić information content (AvgIpc) is 3.28. The number of ether oxygens (including phenoxy) is 3. The second-order valence-corrected chi connectivity index (χ2v) is 8.07. The molecule has 0 unspecified atom stereocenters. The van der Waals surface area contributed by atoms with Crippen molar-refractivity contribution >= 4 is 12.3 Å². The first-order chi connectivity index (χ1) is 15.5. The molecule has 1 fully saturated rings. The minimum atomic E-state index is -0.603. The monoisotopic (exact) mass is 444 g/mol. The number of ketones is 1. The quantitative estimate of drug-likeness (QED) is 0.269. The van der Waals surface area contributed by atoms with E-state index in [0.717, 1.165) is 18.9 Å². The number of aromatic hydroxyl groups is 1. The van der Waals surface area contributed by atoms with Crippen LogP contribution in [0.15, 0.2) is 30.3 Å². The van der Waals surface area contributed by atoms with Gasteiger partial charge >= 0.3 is 0 Å². The number of benzene rings is 2. The normalized spacial score (nSPS) is 13.7. The Bertz CT molecular complexity index is 936. The van der Waals surface area contributed by atoms with Crippen molar-refractivity contribution in [3.63, 3.8) is 0 Å². The van der Waals surface area contributed by atoms with E-state index >= 15 is 0 Å². The first-order valence-corrected chi connectivity index (χ1v) is 11.0. The molecule has 32 heavy (non-hydrogen) atoms. The summed E-state index contributed by atoms with van der Waals surface area (Å²) in [5, 5.41) is 10.5. The molecule has 1 aliphatic rings. The number of phenols is 1. The molecule has 1 aliphatic carbocycles. The lowest BCUT2D eigenvalue weighted by molar-refractivity contribution is -0.120. The number of halogens is 1. The molecule has 7 heteroatoms. The van der Waals surface area contributed by atoms with E-state index in [0.29, 0.717) is 55.3 Å². The van der Waals surface area contributed by atoms with Gasteiger partial charge in [-0.05, 0) is 49.9 Å². The molecule has 2 aromatic carbocycles. The maximum atomic E-state index is 13.9. The third kappa shape index (κ3) is 6.22. The Kier molecular flexibility index (Phi) is 8.48. The van der Waals surface area contributed by atoms with Crippen LogP contribution >= 0.6 is 0 Å². The number of rotatable bonds is 12. The van der Waals surface area contributed by atoms with Crippen molar-refractivity contribution < 1.29 is 33.3 Å². The molecule has 0 heterocycles. The highest BCUT2D eigenvalue weighted by molar-refractivity contribution is 5.99.